The average molecular weight is 543 g/mol. The maximum absolute atomic E-state index is 13.2. The maximum atomic E-state index is 13.2. The molecule has 0 bridgehead atoms. The molecule has 4 rings (SSSR count). The highest BCUT2D eigenvalue weighted by Gasteiger charge is 2.26. The molecule has 0 saturated carbocycles. The van der Waals surface area contributed by atoms with E-state index in [-0.39, 0.29) is 17.3 Å². The number of nitrogens with one attached hydrogen (secondary N) is 2. The van der Waals surface area contributed by atoms with E-state index in [9.17, 15) is 8.42 Å². The van der Waals surface area contributed by atoms with Crippen molar-refractivity contribution in [2.45, 2.75) is 43.2 Å². The van der Waals surface area contributed by atoms with E-state index in [1.54, 1.807) is 12.1 Å². The number of piperidine rings is 1. The van der Waals surface area contributed by atoms with Crippen LogP contribution in [0.5, 0.6) is 0 Å². The lowest BCUT2D eigenvalue weighted by Gasteiger charge is -2.27. The molecule has 7 nitrogen and oxygen atoms in total. The lowest BCUT2D eigenvalue weighted by atomic mass is 10.1. The largest absolute Gasteiger partial charge is 0.302 e. The van der Waals surface area contributed by atoms with Crippen LogP contribution < -0.4 is 4.72 Å². The van der Waals surface area contributed by atoms with E-state index in [0.717, 1.165) is 25.2 Å². The Bertz CT molecular complexity index is 1210. The van der Waals surface area contributed by atoms with Crippen LogP contribution in [0.15, 0.2) is 59.5 Å². The van der Waals surface area contributed by atoms with Gasteiger partial charge in [-0.15, -0.1) is 12.4 Å². The molecule has 34 heavy (non-hydrogen) atoms. The second kappa shape index (κ2) is 12.3. The lowest BCUT2D eigenvalue weighted by Crippen LogP contribution is -2.35. The normalized spacial score (nSPS) is 15.6. The van der Waals surface area contributed by atoms with Crippen LogP contribution in [0.3, 0.4) is 0 Å². The second-order valence-corrected chi connectivity index (χ2v) is 10.8. The fourth-order valence-electron chi connectivity index (χ4n) is 4.14. The summed E-state index contributed by atoms with van der Waals surface area (Å²) in [5.41, 5.74) is 0.998. The van der Waals surface area contributed by atoms with Crippen LogP contribution in [0.4, 0.5) is 0 Å². The van der Waals surface area contributed by atoms with Crippen molar-refractivity contribution in [1.29, 1.82) is 0 Å². The zero-order valence-corrected chi connectivity index (χ0v) is 21.9. The van der Waals surface area contributed by atoms with Crippen molar-refractivity contribution in [2.75, 3.05) is 19.6 Å². The number of hydrogen-bond donors (Lipinski definition) is 2. The molecule has 1 aliphatic rings. The molecule has 184 valence electrons. The molecular weight excluding hydrogens is 513 g/mol. The number of benzene rings is 2. The number of nitrogens with zero attached hydrogens (tertiary/aromatic N) is 3. The van der Waals surface area contributed by atoms with Crippen LogP contribution in [0.2, 0.25) is 5.02 Å². The van der Waals surface area contributed by atoms with Crippen LogP contribution in [0.25, 0.3) is 0 Å². The molecule has 1 unspecified atom stereocenters. The van der Waals surface area contributed by atoms with Gasteiger partial charge in [-0.1, -0.05) is 48.4 Å². The Morgan fingerprint density at radius 2 is 1.71 bits per heavy atom. The highest BCUT2D eigenvalue weighted by Crippen LogP contribution is 2.22. The van der Waals surface area contributed by atoms with Crippen molar-refractivity contribution in [2.24, 2.45) is 0 Å². The Kier molecular flexibility index (Phi) is 9.70. The average Bonchev–Trinajstić information content (AvgIpc) is 3.19. The van der Waals surface area contributed by atoms with E-state index in [1.807, 2.05) is 34.9 Å². The van der Waals surface area contributed by atoms with Gasteiger partial charge in [0.15, 0.2) is 4.77 Å². The zero-order valence-electron chi connectivity index (χ0n) is 18.7. The van der Waals surface area contributed by atoms with Gasteiger partial charge in [-0.25, -0.2) is 13.1 Å². The minimum Gasteiger partial charge on any atom is -0.302 e. The van der Waals surface area contributed by atoms with Crippen LogP contribution in [0.1, 0.15) is 36.7 Å². The molecular formula is C23H29Cl2N5O2S2. The monoisotopic (exact) mass is 541 g/mol. The number of halogens is 2. The first-order valence-corrected chi connectivity index (χ1v) is 13.4. The van der Waals surface area contributed by atoms with E-state index in [4.69, 9.17) is 23.8 Å². The van der Waals surface area contributed by atoms with E-state index in [1.165, 1.54) is 31.4 Å². The molecule has 1 aromatic heterocycles. The van der Waals surface area contributed by atoms with Crippen molar-refractivity contribution >= 4 is 46.2 Å². The number of hydrogen-bond acceptors (Lipinski definition) is 5. The molecule has 1 saturated heterocycles. The Balaban J connectivity index is 0.00000324. The molecule has 0 amide bonds. The van der Waals surface area contributed by atoms with Crippen molar-refractivity contribution in [3.05, 3.63) is 75.8 Å². The minimum absolute atomic E-state index is 0. The van der Waals surface area contributed by atoms with Gasteiger partial charge in [0.1, 0.15) is 5.82 Å². The Hall–Kier alpha value is -1.75. The smallest absolute Gasteiger partial charge is 0.241 e. The molecule has 2 aromatic carbocycles. The lowest BCUT2D eigenvalue weighted by molar-refractivity contribution is 0.219. The maximum Gasteiger partial charge on any atom is 0.241 e. The van der Waals surface area contributed by atoms with E-state index >= 15 is 0 Å². The molecule has 0 spiro atoms. The molecule has 2 heterocycles. The van der Waals surface area contributed by atoms with Crippen LogP contribution in [0, 0.1) is 4.77 Å². The van der Waals surface area contributed by atoms with Crippen molar-refractivity contribution in [1.82, 2.24) is 24.4 Å². The highest BCUT2D eigenvalue weighted by molar-refractivity contribution is 7.89. The number of aromatic amines is 1. The molecule has 2 N–H and O–H groups in total. The molecule has 3 aromatic rings. The summed E-state index contributed by atoms with van der Waals surface area (Å²) in [7, 11) is -3.81. The third kappa shape index (κ3) is 6.90. The van der Waals surface area contributed by atoms with E-state index in [0.29, 0.717) is 28.6 Å². The molecule has 1 aliphatic heterocycles. The van der Waals surface area contributed by atoms with Crippen LogP contribution in [-0.4, -0.2) is 47.7 Å². The molecule has 0 radical (unpaired) electrons. The number of likely N-dealkylation sites (tertiary alicyclic amines) is 1. The first-order chi connectivity index (χ1) is 15.9. The standard InChI is InChI=1S/C23H28ClN5O2S2.ClH/c24-19-9-11-20(12-10-19)33(30,31)27-21(17-18-7-3-1-4-8-18)22-25-26-23(32)29(22)16-15-28-13-5-2-6-14-28;/h1,3-4,7-12,21,27H,2,5-6,13-17H2,(H,26,32);1H. The van der Waals surface area contributed by atoms with Gasteiger partial charge in [-0.05, 0) is 74.4 Å². The molecule has 0 aliphatic carbocycles. The molecule has 1 atom stereocenters. The van der Waals surface area contributed by atoms with Crippen molar-refractivity contribution in [3.8, 4) is 0 Å². The zero-order chi connectivity index (χ0) is 23.3. The third-order valence-electron chi connectivity index (χ3n) is 5.89. The van der Waals surface area contributed by atoms with Gasteiger partial charge in [0, 0.05) is 18.1 Å². The summed E-state index contributed by atoms with van der Waals surface area (Å²) in [6.07, 6.45) is 4.14. The first kappa shape index (κ1) is 26.8. The summed E-state index contributed by atoms with van der Waals surface area (Å²) in [6.45, 7) is 3.66. The van der Waals surface area contributed by atoms with Gasteiger partial charge < -0.3 is 9.47 Å². The predicted molar refractivity (Wildman–Crippen MR) is 140 cm³/mol. The summed E-state index contributed by atoms with van der Waals surface area (Å²) < 4.78 is 31.7. The van der Waals surface area contributed by atoms with E-state index in [2.05, 4.69) is 19.8 Å². The SMILES string of the molecule is Cl.O=S(=O)(NC(Cc1ccccc1)c1n[nH]c(=S)n1CCN1CCCCC1)c1ccc(Cl)cc1. The minimum atomic E-state index is -3.81. The number of H-pyrrole nitrogens is 1. The van der Waals surface area contributed by atoms with Crippen molar-refractivity contribution in [3.63, 3.8) is 0 Å². The highest BCUT2D eigenvalue weighted by atomic mass is 35.5. The van der Waals surface area contributed by atoms with Gasteiger partial charge in [-0.2, -0.15) is 5.10 Å². The number of aromatic nitrogens is 3. The predicted octanol–water partition coefficient (Wildman–Crippen LogP) is 4.76. The molecule has 1 fully saturated rings. The Labute approximate surface area is 217 Å². The topological polar surface area (TPSA) is 83.0 Å². The van der Waals surface area contributed by atoms with Crippen molar-refractivity contribution < 1.29 is 8.42 Å². The fourth-order valence-corrected chi connectivity index (χ4v) is 5.69. The summed E-state index contributed by atoms with van der Waals surface area (Å²) in [5.74, 6) is 0.582. The third-order valence-corrected chi connectivity index (χ3v) is 7.94. The summed E-state index contributed by atoms with van der Waals surface area (Å²) >= 11 is 11.5. The Morgan fingerprint density at radius 3 is 2.38 bits per heavy atom. The first-order valence-electron chi connectivity index (χ1n) is 11.1. The van der Waals surface area contributed by atoms with Gasteiger partial charge in [-0.3, -0.25) is 5.10 Å². The van der Waals surface area contributed by atoms with Gasteiger partial charge in [0.05, 0.1) is 10.9 Å². The van der Waals surface area contributed by atoms with Gasteiger partial charge >= 0.3 is 0 Å². The van der Waals surface area contributed by atoms with Gasteiger partial charge in [0.25, 0.3) is 0 Å². The fraction of sp³-hybridized carbons (Fsp3) is 0.391. The van der Waals surface area contributed by atoms with Gasteiger partial charge in [0.2, 0.25) is 10.0 Å². The second-order valence-electron chi connectivity index (χ2n) is 8.26. The summed E-state index contributed by atoms with van der Waals surface area (Å²) in [5, 5.41) is 7.80. The Morgan fingerprint density at radius 1 is 1.03 bits per heavy atom. The number of sulfonamides is 1. The van der Waals surface area contributed by atoms with Crippen LogP contribution >= 0.6 is 36.2 Å². The number of rotatable bonds is 9. The summed E-state index contributed by atoms with van der Waals surface area (Å²) in [6, 6.07) is 15.3. The quantitative estimate of drug-likeness (QED) is 0.381. The molecule has 11 heteroatoms. The van der Waals surface area contributed by atoms with E-state index < -0.39 is 16.1 Å². The summed E-state index contributed by atoms with van der Waals surface area (Å²) in [4.78, 5) is 2.57. The van der Waals surface area contributed by atoms with Crippen LogP contribution in [-0.2, 0) is 23.0 Å².